The maximum atomic E-state index is 12.8. The number of hydrogen-bond donors (Lipinski definition) is 0. The molecule has 0 spiro atoms. The summed E-state index contributed by atoms with van der Waals surface area (Å²) in [4.78, 5) is 37.8. The Morgan fingerprint density at radius 2 is 0.683 bits per heavy atom. The molecule has 0 aromatic carbocycles. The highest BCUT2D eigenvalue weighted by Crippen LogP contribution is 2.13. The Morgan fingerprint density at radius 3 is 1.20 bits per heavy atom. The van der Waals surface area contributed by atoms with E-state index < -0.39 is 6.10 Å². The molecule has 6 nitrogen and oxygen atoms in total. The second kappa shape index (κ2) is 48.5. The first-order valence-corrected chi connectivity index (χ1v) is 25.0. The minimum Gasteiger partial charge on any atom is -0.462 e. The van der Waals surface area contributed by atoms with Crippen molar-refractivity contribution in [3.8, 4) is 0 Å². The second-order valence-electron chi connectivity index (χ2n) is 16.4. The summed E-state index contributed by atoms with van der Waals surface area (Å²) in [5, 5.41) is 0. The summed E-state index contributed by atoms with van der Waals surface area (Å²) < 4.78 is 16.7. The molecule has 0 aromatic heterocycles. The molecule has 0 fully saturated rings. The number of ether oxygens (including phenoxy) is 3. The minimum atomic E-state index is -0.804. The van der Waals surface area contributed by atoms with Crippen LogP contribution in [0.2, 0.25) is 0 Å². The fourth-order valence-corrected chi connectivity index (χ4v) is 6.60. The Bertz CT molecular complexity index is 1140. The van der Waals surface area contributed by atoms with Gasteiger partial charge in [0.2, 0.25) is 0 Å². The van der Waals surface area contributed by atoms with E-state index in [1.807, 2.05) is 0 Å². The van der Waals surface area contributed by atoms with Crippen molar-refractivity contribution >= 4 is 17.9 Å². The molecule has 0 aromatic rings. The van der Waals surface area contributed by atoms with Crippen LogP contribution in [0.15, 0.2) is 72.9 Å². The van der Waals surface area contributed by atoms with Crippen LogP contribution in [0.4, 0.5) is 0 Å². The van der Waals surface area contributed by atoms with Gasteiger partial charge in [-0.3, -0.25) is 14.4 Å². The van der Waals surface area contributed by atoms with Crippen molar-refractivity contribution in [3.05, 3.63) is 72.9 Å². The fraction of sp³-hybridized carbons (Fsp3) is 0.722. The molecular formula is C54H92O6. The maximum Gasteiger partial charge on any atom is 0.306 e. The molecule has 0 aliphatic heterocycles. The number of unbranched alkanes of at least 4 members (excludes halogenated alkanes) is 22. The van der Waals surface area contributed by atoms with Crippen LogP contribution >= 0.6 is 0 Å². The number of rotatable bonds is 44. The lowest BCUT2D eigenvalue weighted by molar-refractivity contribution is -0.167. The average molecular weight is 837 g/mol. The summed E-state index contributed by atoms with van der Waals surface area (Å²) in [6.45, 7) is 6.48. The molecule has 1 unspecified atom stereocenters. The van der Waals surface area contributed by atoms with E-state index in [1.54, 1.807) is 0 Å². The SMILES string of the molecule is CCCC/C=C\CCCCCCC(=O)OCC(COC(=O)CCC/C=C\C/C=C\C/C=C\CCCCCCCC)OC(=O)CCCCCCCC/C=C\C=C/CCCCC. The van der Waals surface area contributed by atoms with Gasteiger partial charge in [0.25, 0.3) is 0 Å². The zero-order valence-electron chi connectivity index (χ0n) is 39.2. The van der Waals surface area contributed by atoms with E-state index in [-0.39, 0.29) is 37.5 Å². The molecule has 0 radical (unpaired) electrons. The molecule has 6 heteroatoms. The van der Waals surface area contributed by atoms with Gasteiger partial charge >= 0.3 is 17.9 Å². The lowest BCUT2D eigenvalue weighted by Gasteiger charge is -2.18. The third-order valence-corrected chi connectivity index (χ3v) is 10.4. The second-order valence-corrected chi connectivity index (χ2v) is 16.4. The van der Waals surface area contributed by atoms with Crippen LogP contribution in [0.3, 0.4) is 0 Å². The Hall–Kier alpha value is -3.15. The Kier molecular flexibility index (Phi) is 46.0. The van der Waals surface area contributed by atoms with Crippen LogP contribution in [0, 0.1) is 0 Å². The van der Waals surface area contributed by atoms with Gasteiger partial charge in [0.05, 0.1) is 0 Å². The normalized spacial score (nSPS) is 12.7. The predicted molar refractivity (Wildman–Crippen MR) is 256 cm³/mol. The van der Waals surface area contributed by atoms with Crippen molar-refractivity contribution in [3.63, 3.8) is 0 Å². The smallest absolute Gasteiger partial charge is 0.306 e. The predicted octanol–water partition coefficient (Wildman–Crippen LogP) is 16.3. The number of allylic oxidation sites excluding steroid dienone is 12. The van der Waals surface area contributed by atoms with Crippen molar-refractivity contribution < 1.29 is 28.6 Å². The molecule has 0 amide bonds. The lowest BCUT2D eigenvalue weighted by Crippen LogP contribution is -2.30. The van der Waals surface area contributed by atoms with Crippen molar-refractivity contribution in [1.82, 2.24) is 0 Å². The highest BCUT2D eigenvalue weighted by Gasteiger charge is 2.19. The zero-order valence-corrected chi connectivity index (χ0v) is 39.2. The van der Waals surface area contributed by atoms with Gasteiger partial charge in [-0.1, -0.05) is 190 Å². The van der Waals surface area contributed by atoms with Crippen LogP contribution in [-0.2, 0) is 28.6 Å². The van der Waals surface area contributed by atoms with Gasteiger partial charge in [-0.25, -0.2) is 0 Å². The van der Waals surface area contributed by atoms with Crippen molar-refractivity contribution in [2.24, 2.45) is 0 Å². The minimum absolute atomic E-state index is 0.103. The molecule has 0 bridgehead atoms. The van der Waals surface area contributed by atoms with E-state index in [1.165, 1.54) is 96.3 Å². The molecule has 1 atom stereocenters. The largest absolute Gasteiger partial charge is 0.462 e. The zero-order chi connectivity index (χ0) is 43.7. The van der Waals surface area contributed by atoms with Gasteiger partial charge < -0.3 is 14.2 Å². The van der Waals surface area contributed by atoms with Gasteiger partial charge in [-0.15, -0.1) is 0 Å². The molecule has 60 heavy (non-hydrogen) atoms. The van der Waals surface area contributed by atoms with Crippen LogP contribution in [-0.4, -0.2) is 37.2 Å². The van der Waals surface area contributed by atoms with E-state index in [0.717, 1.165) is 89.9 Å². The van der Waals surface area contributed by atoms with Gasteiger partial charge in [-0.05, 0) is 96.3 Å². The number of carbonyl (C=O) groups excluding carboxylic acids is 3. The number of esters is 3. The molecule has 344 valence electrons. The highest BCUT2D eigenvalue weighted by molar-refractivity contribution is 5.71. The molecule has 0 aliphatic rings. The fourth-order valence-electron chi connectivity index (χ4n) is 6.60. The molecular weight excluding hydrogens is 745 g/mol. The average Bonchev–Trinajstić information content (AvgIpc) is 3.24. The Labute approximate surface area is 370 Å². The standard InChI is InChI=1S/C54H92O6/c1-4-7-10-13-16-19-22-24-26-27-29-30-32-35-38-41-44-47-53(56)59-50-51(49-58-52(55)46-43-40-37-34-21-18-15-12-9-6-3)60-54(57)48-45-42-39-36-33-31-28-25-23-20-17-14-11-8-5-2/h15,17-18,20,23-26,29-30,35,38,51H,4-14,16,19,21-22,27-28,31-34,36-37,39-50H2,1-3H3/b18-15-,20-17-,25-23-,26-24-,30-29-,38-35-. The molecule has 0 saturated carbocycles. The first-order chi connectivity index (χ1) is 29.5. The van der Waals surface area contributed by atoms with Crippen LogP contribution in [0.25, 0.3) is 0 Å². The number of carbonyl (C=O) groups is 3. The van der Waals surface area contributed by atoms with Gasteiger partial charge in [0.15, 0.2) is 6.10 Å². The van der Waals surface area contributed by atoms with Crippen LogP contribution in [0.5, 0.6) is 0 Å². The van der Waals surface area contributed by atoms with Gasteiger partial charge in [-0.2, -0.15) is 0 Å². The van der Waals surface area contributed by atoms with Crippen LogP contribution < -0.4 is 0 Å². The topological polar surface area (TPSA) is 78.9 Å². The highest BCUT2D eigenvalue weighted by atomic mass is 16.6. The van der Waals surface area contributed by atoms with E-state index >= 15 is 0 Å². The van der Waals surface area contributed by atoms with Crippen LogP contribution in [0.1, 0.15) is 233 Å². The quantitative estimate of drug-likeness (QED) is 0.0200. The first-order valence-electron chi connectivity index (χ1n) is 25.0. The van der Waals surface area contributed by atoms with Crippen molar-refractivity contribution in [1.29, 1.82) is 0 Å². The Balaban J connectivity index is 4.47. The Morgan fingerprint density at radius 1 is 0.350 bits per heavy atom. The molecule has 0 rings (SSSR count). The van der Waals surface area contributed by atoms with Crippen molar-refractivity contribution in [2.45, 2.75) is 239 Å². The molecule has 0 heterocycles. The summed E-state index contributed by atoms with van der Waals surface area (Å²) in [7, 11) is 0. The third-order valence-electron chi connectivity index (χ3n) is 10.4. The van der Waals surface area contributed by atoms with Gasteiger partial charge in [0, 0.05) is 19.3 Å². The summed E-state index contributed by atoms with van der Waals surface area (Å²) in [6.07, 6.45) is 60.3. The van der Waals surface area contributed by atoms with E-state index in [0.29, 0.717) is 19.3 Å². The molecule has 0 aliphatic carbocycles. The maximum absolute atomic E-state index is 12.8. The summed E-state index contributed by atoms with van der Waals surface area (Å²) in [5.74, 6) is -0.983. The third kappa shape index (κ3) is 45.9. The first kappa shape index (κ1) is 56.9. The molecule has 0 saturated heterocycles. The van der Waals surface area contributed by atoms with Gasteiger partial charge in [0.1, 0.15) is 13.2 Å². The van der Waals surface area contributed by atoms with Crippen molar-refractivity contribution in [2.75, 3.05) is 13.2 Å². The number of hydrogen-bond acceptors (Lipinski definition) is 6. The molecule has 0 N–H and O–H groups in total. The lowest BCUT2D eigenvalue weighted by atomic mass is 10.1. The summed E-state index contributed by atoms with van der Waals surface area (Å²) >= 11 is 0. The summed E-state index contributed by atoms with van der Waals surface area (Å²) in [5.41, 5.74) is 0. The van der Waals surface area contributed by atoms with E-state index in [9.17, 15) is 14.4 Å². The summed E-state index contributed by atoms with van der Waals surface area (Å²) in [6, 6.07) is 0. The monoisotopic (exact) mass is 837 g/mol. The van der Waals surface area contributed by atoms with E-state index in [2.05, 4.69) is 93.7 Å². The van der Waals surface area contributed by atoms with E-state index in [4.69, 9.17) is 14.2 Å².